The summed E-state index contributed by atoms with van der Waals surface area (Å²) >= 11 is 0. The molecule has 0 atom stereocenters. The largest absolute Gasteiger partial charge is 0.299 e. The molecule has 0 aliphatic carbocycles. The van der Waals surface area contributed by atoms with Gasteiger partial charge in [-0.05, 0) is 24.3 Å². The number of nitriles is 1. The van der Waals surface area contributed by atoms with Crippen LogP contribution in [0.4, 0.5) is 0 Å². The van der Waals surface area contributed by atoms with Crippen molar-refractivity contribution < 1.29 is 4.79 Å². The van der Waals surface area contributed by atoms with E-state index in [9.17, 15) is 4.79 Å². The first kappa shape index (κ1) is 8.15. The first-order valence-corrected chi connectivity index (χ1v) is 3.35. The van der Waals surface area contributed by atoms with Gasteiger partial charge in [0.25, 0.3) is 0 Å². The maximum absolute atomic E-state index is 9.93. The van der Waals surface area contributed by atoms with Gasteiger partial charge in [-0.15, -0.1) is 0 Å². The van der Waals surface area contributed by atoms with Crippen molar-refractivity contribution in [2.75, 3.05) is 0 Å². The van der Waals surface area contributed by atoms with E-state index >= 15 is 0 Å². The highest BCUT2D eigenvalue weighted by atomic mass is 16.1. The van der Waals surface area contributed by atoms with Gasteiger partial charge in [0.2, 0.25) is 0 Å². The number of hydrogen-bond acceptors (Lipinski definition) is 3. The number of rotatable bonds is 2. The fraction of sp³-hybridized carbons (Fsp3) is 0. The average molecular weight is 158 g/mol. The lowest BCUT2D eigenvalue weighted by molar-refractivity contribution is -0.104. The third kappa shape index (κ3) is 2.03. The number of hydrogen-bond donors (Lipinski definition) is 0. The summed E-state index contributed by atoms with van der Waals surface area (Å²) in [6.07, 6.45) is 5.08. The van der Waals surface area contributed by atoms with Gasteiger partial charge < -0.3 is 0 Å². The minimum absolute atomic E-state index is 0.512. The third-order valence-electron chi connectivity index (χ3n) is 1.26. The molecule has 0 saturated heterocycles. The third-order valence-corrected chi connectivity index (χ3v) is 1.26. The molecule has 0 aromatic carbocycles. The Labute approximate surface area is 70.0 Å². The molecule has 1 aromatic heterocycles. The minimum Gasteiger partial charge on any atom is -0.299 e. The van der Waals surface area contributed by atoms with Crippen molar-refractivity contribution in [3.63, 3.8) is 0 Å². The summed E-state index contributed by atoms with van der Waals surface area (Å²) in [5.74, 6) is 0. The van der Waals surface area contributed by atoms with Gasteiger partial charge in [-0.3, -0.25) is 9.78 Å². The Morgan fingerprint density at radius 2 is 2.33 bits per heavy atom. The highest BCUT2D eigenvalue weighted by Crippen LogP contribution is 1.99. The Balaban J connectivity index is 2.86. The molecule has 3 nitrogen and oxygen atoms in total. The van der Waals surface area contributed by atoms with Crippen LogP contribution in [0.5, 0.6) is 0 Å². The second-order valence-corrected chi connectivity index (χ2v) is 2.08. The van der Waals surface area contributed by atoms with Crippen LogP contribution in [-0.2, 0) is 4.79 Å². The number of pyridine rings is 1. The van der Waals surface area contributed by atoms with E-state index in [4.69, 9.17) is 5.26 Å². The van der Waals surface area contributed by atoms with Crippen LogP contribution in [0.2, 0.25) is 0 Å². The number of aldehydes is 1. The Morgan fingerprint density at radius 1 is 1.50 bits per heavy atom. The Bertz CT molecular complexity index is 333. The summed E-state index contributed by atoms with van der Waals surface area (Å²) in [7, 11) is 0. The Morgan fingerprint density at radius 3 is 2.83 bits per heavy atom. The van der Waals surface area contributed by atoms with Crippen molar-refractivity contribution in [1.82, 2.24) is 4.98 Å². The zero-order valence-corrected chi connectivity index (χ0v) is 6.27. The highest BCUT2D eigenvalue weighted by molar-refractivity contribution is 5.72. The quantitative estimate of drug-likeness (QED) is 0.479. The van der Waals surface area contributed by atoms with Crippen LogP contribution in [0.3, 0.4) is 0 Å². The molecule has 0 radical (unpaired) electrons. The molecule has 58 valence electrons. The normalized spacial score (nSPS) is 9.58. The van der Waals surface area contributed by atoms with Crippen LogP contribution in [0.1, 0.15) is 11.3 Å². The predicted molar refractivity (Wildman–Crippen MR) is 44.1 cm³/mol. The van der Waals surface area contributed by atoms with Crippen LogP contribution < -0.4 is 0 Å². The standard InChI is InChI=1S/C9H6N2O/c10-6-8-3-4-9(11-7-8)2-1-5-12/h1-5,7H/b2-1+. The molecule has 0 bridgehead atoms. The van der Waals surface area contributed by atoms with E-state index in [1.165, 1.54) is 12.3 Å². The molecule has 0 saturated carbocycles. The van der Waals surface area contributed by atoms with Gasteiger partial charge in [0.1, 0.15) is 12.4 Å². The molecule has 0 amide bonds. The van der Waals surface area contributed by atoms with E-state index in [1.807, 2.05) is 6.07 Å². The van der Waals surface area contributed by atoms with Crippen molar-refractivity contribution in [2.45, 2.75) is 0 Å². The number of carbonyl (C=O) groups excluding carboxylic acids is 1. The summed E-state index contributed by atoms with van der Waals surface area (Å²) in [6, 6.07) is 5.28. The van der Waals surface area contributed by atoms with Gasteiger partial charge >= 0.3 is 0 Å². The van der Waals surface area contributed by atoms with Crippen molar-refractivity contribution in [2.24, 2.45) is 0 Å². The summed E-state index contributed by atoms with van der Waals surface area (Å²) in [6.45, 7) is 0. The zero-order valence-electron chi connectivity index (χ0n) is 6.27. The molecule has 1 aromatic rings. The molecule has 3 heteroatoms. The molecule has 0 N–H and O–H groups in total. The smallest absolute Gasteiger partial charge is 0.142 e. The van der Waals surface area contributed by atoms with Crippen LogP contribution >= 0.6 is 0 Å². The van der Waals surface area contributed by atoms with Crippen molar-refractivity contribution in [1.29, 1.82) is 5.26 Å². The maximum Gasteiger partial charge on any atom is 0.142 e. The van der Waals surface area contributed by atoms with Gasteiger partial charge in [0, 0.05) is 6.20 Å². The minimum atomic E-state index is 0.512. The monoisotopic (exact) mass is 158 g/mol. The van der Waals surface area contributed by atoms with Gasteiger partial charge in [-0.1, -0.05) is 0 Å². The molecule has 0 aliphatic rings. The molecular formula is C9H6N2O. The molecule has 0 spiro atoms. The van der Waals surface area contributed by atoms with Gasteiger partial charge in [0.05, 0.1) is 11.3 Å². The van der Waals surface area contributed by atoms with E-state index < -0.39 is 0 Å². The Kier molecular flexibility index (Phi) is 2.74. The van der Waals surface area contributed by atoms with Gasteiger partial charge in [0.15, 0.2) is 0 Å². The van der Waals surface area contributed by atoms with Crippen molar-refractivity contribution in [3.05, 3.63) is 35.7 Å². The van der Waals surface area contributed by atoms with Gasteiger partial charge in [-0.25, -0.2) is 0 Å². The molecule has 12 heavy (non-hydrogen) atoms. The fourth-order valence-corrected chi connectivity index (χ4v) is 0.708. The predicted octanol–water partition coefficient (Wildman–Crippen LogP) is 1.17. The van der Waals surface area contributed by atoms with Crippen LogP contribution in [-0.4, -0.2) is 11.3 Å². The van der Waals surface area contributed by atoms with E-state index in [0.717, 1.165) is 0 Å². The lowest BCUT2D eigenvalue weighted by Crippen LogP contribution is -1.81. The summed E-state index contributed by atoms with van der Waals surface area (Å²) < 4.78 is 0. The first-order chi connectivity index (χ1) is 5.86. The Hall–Kier alpha value is -1.95. The van der Waals surface area contributed by atoms with E-state index in [1.54, 1.807) is 18.2 Å². The van der Waals surface area contributed by atoms with E-state index in [-0.39, 0.29) is 0 Å². The second kappa shape index (κ2) is 4.04. The number of allylic oxidation sites excluding steroid dienone is 1. The number of nitrogens with zero attached hydrogens (tertiary/aromatic N) is 2. The summed E-state index contributed by atoms with van der Waals surface area (Å²) in [4.78, 5) is 13.9. The lowest BCUT2D eigenvalue weighted by Gasteiger charge is -1.89. The maximum atomic E-state index is 9.93. The van der Waals surface area contributed by atoms with Crippen LogP contribution in [0, 0.1) is 11.3 Å². The molecule has 1 rings (SSSR count). The van der Waals surface area contributed by atoms with Crippen LogP contribution in [0.25, 0.3) is 6.08 Å². The van der Waals surface area contributed by atoms with Crippen molar-refractivity contribution >= 4 is 12.4 Å². The summed E-state index contributed by atoms with van der Waals surface area (Å²) in [5, 5.41) is 8.44. The molecule has 0 unspecified atom stereocenters. The molecule has 1 heterocycles. The molecule has 0 fully saturated rings. The topological polar surface area (TPSA) is 53.8 Å². The van der Waals surface area contributed by atoms with Crippen molar-refractivity contribution in [3.8, 4) is 6.07 Å². The van der Waals surface area contributed by atoms with E-state index in [0.29, 0.717) is 17.5 Å². The first-order valence-electron chi connectivity index (χ1n) is 3.35. The SMILES string of the molecule is N#Cc1ccc(/C=C/C=O)nc1. The highest BCUT2D eigenvalue weighted by Gasteiger charge is 1.89. The van der Waals surface area contributed by atoms with Gasteiger partial charge in [-0.2, -0.15) is 5.26 Å². The average Bonchev–Trinajstić information content (AvgIpc) is 2.15. The van der Waals surface area contributed by atoms with E-state index in [2.05, 4.69) is 4.98 Å². The zero-order chi connectivity index (χ0) is 8.81. The molecule has 0 aliphatic heterocycles. The molecular weight excluding hydrogens is 152 g/mol. The number of aromatic nitrogens is 1. The number of carbonyl (C=O) groups is 1. The summed E-state index contributed by atoms with van der Waals surface area (Å²) in [5.41, 5.74) is 1.18. The second-order valence-electron chi connectivity index (χ2n) is 2.08. The fourth-order valence-electron chi connectivity index (χ4n) is 0.708. The van der Waals surface area contributed by atoms with Crippen LogP contribution in [0.15, 0.2) is 24.4 Å². The lowest BCUT2D eigenvalue weighted by atomic mass is 10.2.